The van der Waals surface area contributed by atoms with Crippen LogP contribution in [0.15, 0.2) is 70.6 Å². The van der Waals surface area contributed by atoms with Gasteiger partial charge in [0.25, 0.3) is 0 Å². The molecular formula is C23H24N4OS. The van der Waals surface area contributed by atoms with Gasteiger partial charge in [0.1, 0.15) is 5.01 Å². The third-order valence-electron chi connectivity index (χ3n) is 5.05. The lowest BCUT2D eigenvalue weighted by Gasteiger charge is -2.20. The second-order valence-electron chi connectivity index (χ2n) is 7.22. The van der Waals surface area contributed by atoms with E-state index in [1.165, 1.54) is 0 Å². The number of thiazole rings is 1. The molecule has 0 radical (unpaired) electrons. The largest absolute Gasteiger partial charge is 0.338 e. The van der Waals surface area contributed by atoms with Crippen molar-refractivity contribution >= 4 is 11.3 Å². The first-order valence-electron chi connectivity index (χ1n) is 9.66. The van der Waals surface area contributed by atoms with E-state index in [-0.39, 0.29) is 12.0 Å². The molecule has 0 saturated heterocycles. The molecule has 0 bridgehead atoms. The fourth-order valence-corrected chi connectivity index (χ4v) is 4.25. The molecule has 6 heteroatoms. The Morgan fingerprint density at radius 3 is 2.14 bits per heavy atom. The summed E-state index contributed by atoms with van der Waals surface area (Å²) < 4.78 is 5.63. The summed E-state index contributed by atoms with van der Waals surface area (Å²) in [6, 6.07) is 20.8. The predicted molar refractivity (Wildman–Crippen MR) is 115 cm³/mol. The first-order chi connectivity index (χ1) is 14.1. The Labute approximate surface area is 175 Å². The smallest absolute Gasteiger partial charge is 0.240 e. The fraction of sp³-hybridized carbons (Fsp3) is 0.261. The van der Waals surface area contributed by atoms with E-state index in [1.54, 1.807) is 11.3 Å². The van der Waals surface area contributed by atoms with E-state index < -0.39 is 0 Å². The van der Waals surface area contributed by atoms with E-state index in [2.05, 4.69) is 58.7 Å². The highest BCUT2D eigenvalue weighted by Crippen LogP contribution is 2.30. The molecule has 2 aromatic carbocycles. The summed E-state index contributed by atoms with van der Waals surface area (Å²) in [5.41, 5.74) is 3.34. The minimum Gasteiger partial charge on any atom is -0.338 e. The maximum Gasteiger partial charge on any atom is 0.240 e. The molecule has 148 valence electrons. The number of aromatic nitrogens is 3. The molecule has 4 aromatic rings. The number of benzene rings is 2. The molecule has 29 heavy (non-hydrogen) atoms. The average molecular weight is 405 g/mol. The van der Waals surface area contributed by atoms with Crippen LogP contribution in [0, 0.1) is 6.92 Å². The van der Waals surface area contributed by atoms with E-state index >= 15 is 0 Å². The van der Waals surface area contributed by atoms with Crippen molar-refractivity contribution in [3.8, 4) is 0 Å². The molecule has 0 aliphatic carbocycles. The van der Waals surface area contributed by atoms with E-state index in [9.17, 15) is 0 Å². The van der Waals surface area contributed by atoms with Gasteiger partial charge in [0.2, 0.25) is 5.89 Å². The first-order valence-corrected chi connectivity index (χ1v) is 10.5. The van der Waals surface area contributed by atoms with Crippen LogP contribution in [0.3, 0.4) is 0 Å². The van der Waals surface area contributed by atoms with Gasteiger partial charge in [-0.25, -0.2) is 4.98 Å². The predicted octanol–water partition coefficient (Wildman–Crippen LogP) is 5.21. The Hall–Kier alpha value is -2.83. The van der Waals surface area contributed by atoms with Crippen LogP contribution >= 0.6 is 11.3 Å². The Balaban J connectivity index is 1.57. The summed E-state index contributed by atoms with van der Waals surface area (Å²) in [5, 5.41) is 7.50. The highest BCUT2D eigenvalue weighted by atomic mass is 32.1. The second kappa shape index (κ2) is 8.68. The van der Waals surface area contributed by atoms with E-state index in [4.69, 9.17) is 9.51 Å². The van der Waals surface area contributed by atoms with Crippen molar-refractivity contribution in [1.82, 2.24) is 20.0 Å². The third kappa shape index (κ3) is 4.44. The second-order valence-corrected chi connectivity index (χ2v) is 8.11. The molecule has 0 unspecified atom stereocenters. The lowest BCUT2D eigenvalue weighted by Crippen LogP contribution is -2.22. The van der Waals surface area contributed by atoms with Crippen LogP contribution in [0.5, 0.6) is 0 Å². The molecule has 0 N–H and O–H groups in total. The van der Waals surface area contributed by atoms with Crippen molar-refractivity contribution in [3.05, 3.63) is 99.6 Å². The summed E-state index contributed by atoms with van der Waals surface area (Å²) in [5.74, 6) is 1.24. The SMILES string of the molecule is Cc1csc([C@H](C)N(C)Cc2nc(C(c3ccccc3)c3ccccc3)no2)n1. The molecule has 1 atom stereocenters. The number of hydrogen-bond acceptors (Lipinski definition) is 6. The number of aryl methyl sites for hydroxylation is 1. The first kappa shape index (κ1) is 19.5. The Morgan fingerprint density at radius 1 is 0.966 bits per heavy atom. The van der Waals surface area contributed by atoms with Crippen molar-refractivity contribution in [3.63, 3.8) is 0 Å². The molecule has 5 nitrogen and oxygen atoms in total. The topological polar surface area (TPSA) is 55.1 Å². The zero-order chi connectivity index (χ0) is 20.2. The molecule has 0 aliphatic heterocycles. The Kier molecular flexibility index (Phi) is 5.83. The van der Waals surface area contributed by atoms with Crippen LogP contribution in [-0.4, -0.2) is 27.1 Å². The summed E-state index contributed by atoms with van der Waals surface area (Å²) in [4.78, 5) is 11.5. The molecule has 2 heterocycles. The summed E-state index contributed by atoms with van der Waals surface area (Å²) in [6.45, 7) is 4.74. The minimum atomic E-state index is -0.0563. The van der Waals surface area contributed by atoms with Crippen molar-refractivity contribution < 1.29 is 4.52 Å². The van der Waals surface area contributed by atoms with Crippen LogP contribution in [0.4, 0.5) is 0 Å². The standard InChI is InChI=1S/C23H24N4OS/c1-16-15-29-23(24-16)17(2)27(3)14-20-25-22(26-28-20)21(18-10-6-4-7-11-18)19-12-8-5-9-13-19/h4-13,15,17,21H,14H2,1-3H3/t17-/m0/s1. The molecular weight excluding hydrogens is 380 g/mol. The van der Waals surface area contributed by atoms with Crippen LogP contribution in [0.2, 0.25) is 0 Å². The van der Waals surface area contributed by atoms with Gasteiger partial charge in [-0.3, -0.25) is 4.90 Å². The molecule has 0 saturated carbocycles. The number of hydrogen-bond donors (Lipinski definition) is 0. The van der Waals surface area contributed by atoms with E-state index in [0.717, 1.165) is 21.8 Å². The van der Waals surface area contributed by atoms with Gasteiger partial charge in [-0.2, -0.15) is 4.98 Å². The van der Waals surface area contributed by atoms with Gasteiger partial charge in [-0.05, 0) is 32.0 Å². The van der Waals surface area contributed by atoms with Crippen LogP contribution in [-0.2, 0) is 6.54 Å². The van der Waals surface area contributed by atoms with Crippen molar-refractivity contribution in [1.29, 1.82) is 0 Å². The highest BCUT2D eigenvalue weighted by Gasteiger charge is 2.24. The molecule has 0 fully saturated rings. The maximum absolute atomic E-state index is 5.63. The maximum atomic E-state index is 5.63. The van der Waals surface area contributed by atoms with Gasteiger partial charge in [0.05, 0.1) is 18.5 Å². The van der Waals surface area contributed by atoms with Gasteiger partial charge in [0.15, 0.2) is 5.82 Å². The van der Waals surface area contributed by atoms with E-state index in [0.29, 0.717) is 18.3 Å². The van der Waals surface area contributed by atoms with Gasteiger partial charge in [-0.15, -0.1) is 11.3 Å². The van der Waals surface area contributed by atoms with Crippen molar-refractivity contribution in [2.24, 2.45) is 0 Å². The quantitative estimate of drug-likeness (QED) is 0.423. The average Bonchev–Trinajstić information content (AvgIpc) is 3.38. The zero-order valence-corrected chi connectivity index (χ0v) is 17.6. The number of rotatable bonds is 7. The monoisotopic (exact) mass is 404 g/mol. The number of nitrogens with zero attached hydrogens (tertiary/aromatic N) is 4. The van der Waals surface area contributed by atoms with Crippen molar-refractivity contribution in [2.45, 2.75) is 32.4 Å². The van der Waals surface area contributed by atoms with Crippen LogP contribution in [0.25, 0.3) is 0 Å². The minimum absolute atomic E-state index is 0.0563. The van der Waals surface area contributed by atoms with Crippen LogP contribution < -0.4 is 0 Å². The normalized spacial score (nSPS) is 12.6. The molecule has 0 aliphatic rings. The lowest BCUT2D eigenvalue weighted by molar-refractivity contribution is 0.216. The van der Waals surface area contributed by atoms with Gasteiger partial charge in [-0.1, -0.05) is 65.8 Å². The third-order valence-corrected chi connectivity index (χ3v) is 6.18. The Morgan fingerprint density at radius 2 is 1.59 bits per heavy atom. The molecule has 4 rings (SSSR count). The molecule has 0 amide bonds. The molecule has 2 aromatic heterocycles. The molecule has 0 spiro atoms. The van der Waals surface area contributed by atoms with Crippen LogP contribution in [0.1, 0.15) is 52.4 Å². The lowest BCUT2D eigenvalue weighted by atomic mass is 9.91. The van der Waals surface area contributed by atoms with E-state index in [1.807, 2.05) is 43.3 Å². The van der Waals surface area contributed by atoms with Gasteiger partial charge >= 0.3 is 0 Å². The highest BCUT2D eigenvalue weighted by molar-refractivity contribution is 7.09. The zero-order valence-electron chi connectivity index (χ0n) is 16.8. The summed E-state index contributed by atoms with van der Waals surface area (Å²) in [7, 11) is 2.05. The summed E-state index contributed by atoms with van der Waals surface area (Å²) in [6.07, 6.45) is 0. The van der Waals surface area contributed by atoms with Gasteiger partial charge < -0.3 is 4.52 Å². The van der Waals surface area contributed by atoms with Gasteiger partial charge in [0, 0.05) is 11.1 Å². The summed E-state index contributed by atoms with van der Waals surface area (Å²) >= 11 is 1.68. The Bertz CT molecular complexity index is 1010. The van der Waals surface area contributed by atoms with Crippen molar-refractivity contribution in [2.75, 3.05) is 7.05 Å². The fourth-order valence-electron chi connectivity index (χ4n) is 3.33.